The van der Waals surface area contributed by atoms with E-state index in [2.05, 4.69) is 10.3 Å². The summed E-state index contributed by atoms with van der Waals surface area (Å²) >= 11 is 0. The van der Waals surface area contributed by atoms with E-state index >= 15 is 0 Å². The maximum Gasteiger partial charge on any atom is 0.221 e. The van der Waals surface area contributed by atoms with Crippen molar-refractivity contribution < 1.29 is 9.76 Å². The van der Waals surface area contributed by atoms with Gasteiger partial charge in [-0.1, -0.05) is 6.92 Å². The molecule has 0 spiro atoms. The van der Waals surface area contributed by atoms with E-state index in [-0.39, 0.29) is 17.5 Å². The van der Waals surface area contributed by atoms with E-state index < -0.39 is 0 Å². The molecule has 0 aromatic carbocycles. The van der Waals surface area contributed by atoms with Crippen LogP contribution >= 0.6 is 0 Å². The van der Waals surface area contributed by atoms with Crippen LogP contribution < -0.4 is 5.48 Å². The predicted molar refractivity (Wildman–Crippen MR) is 36.1 cm³/mol. The topological polar surface area (TPSA) is 64.4 Å². The van der Waals surface area contributed by atoms with Gasteiger partial charge in [0.15, 0.2) is 0 Å². The van der Waals surface area contributed by atoms with Crippen LogP contribution in [0, 0.1) is 10.1 Å². The zero-order valence-corrected chi connectivity index (χ0v) is 6.16. The molecule has 0 radical (unpaired) electrons. The van der Waals surface area contributed by atoms with Gasteiger partial charge in [0.05, 0.1) is 13.2 Å². The molecule has 0 aromatic heterocycles. The maximum absolute atomic E-state index is 9.95. The van der Waals surface area contributed by atoms with Crippen molar-refractivity contribution >= 4 is 0 Å². The molecule has 0 saturated carbocycles. The average Bonchev–Trinajstić information content (AvgIpc) is 1.86. The van der Waals surface area contributed by atoms with Crippen molar-refractivity contribution in [2.24, 2.45) is 0 Å². The second-order valence-electron chi connectivity index (χ2n) is 1.94. The Hall–Kier alpha value is -0.680. The molecule has 0 bridgehead atoms. The molecule has 60 valence electrons. The minimum Gasteiger partial charge on any atom is -0.305 e. The first kappa shape index (κ1) is 9.32. The van der Waals surface area contributed by atoms with Gasteiger partial charge < -0.3 is 4.84 Å². The Bertz CT molecular complexity index is 107. The number of nitrogens with zero attached hydrogens (tertiary/aromatic N) is 1. The van der Waals surface area contributed by atoms with E-state index in [0.29, 0.717) is 6.42 Å². The number of rotatable bonds is 5. The fourth-order valence-electron chi connectivity index (χ4n) is 0.596. The zero-order chi connectivity index (χ0) is 7.98. The Morgan fingerprint density at radius 3 is 2.70 bits per heavy atom. The van der Waals surface area contributed by atoms with Gasteiger partial charge in [0.2, 0.25) is 6.54 Å². The van der Waals surface area contributed by atoms with Crippen LogP contribution in [0.5, 0.6) is 0 Å². The third-order valence-electron chi connectivity index (χ3n) is 1.15. The van der Waals surface area contributed by atoms with Gasteiger partial charge in [0.25, 0.3) is 0 Å². The molecule has 0 aliphatic carbocycles. The van der Waals surface area contributed by atoms with E-state index in [0.717, 1.165) is 0 Å². The van der Waals surface area contributed by atoms with Gasteiger partial charge in [0.1, 0.15) is 0 Å². The molecular weight excluding hydrogens is 136 g/mol. The standard InChI is InChI=1S/C5H12N2O3/c1-3-5(6-10-2)4-7(8)9/h5-6H,3-4H2,1-2H3. The third-order valence-corrected chi connectivity index (χ3v) is 1.15. The van der Waals surface area contributed by atoms with Crippen LogP contribution in [-0.4, -0.2) is 24.6 Å². The molecule has 0 fully saturated rings. The summed E-state index contributed by atoms with van der Waals surface area (Å²) in [6.45, 7) is 1.77. The van der Waals surface area contributed by atoms with Gasteiger partial charge >= 0.3 is 0 Å². The molecule has 0 aliphatic heterocycles. The first-order valence-corrected chi connectivity index (χ1v) is 3.11. The summed E-state index contributed by atoms with van der Waals surface area (Å²) in [4.78, 5) is 14.1. The average molecular weight is 148 g/mol. The lowest BCUT2D eigenvalue weighted by atomic mass is 10.2. The first-order chi connectivity index (χ1) is 4.70. The van der Waals surface area contributed by atoms with Crippen LogP contribution in [0.3, 0.4) is 0 Å². The van der Waals surface area contributed by atoms with Crippen LogP contribution in [0.25, 0.3) is 0 Å². The van der Waals surface area contributed by atoms with Gasteiger partial charge in [-0.3, -0.25) is 10.1 Å². The smallest absolute Gasteiger partial charge is 0.221 e. The number of hydrogen-bond donors (Lipinski definition) is 1. The SMILES string of the molecule is CCC(C[N+](=O)[O-])NOC. The number of nitrogens with one attached hydrogen (secondary N) is 1. The fourth-order valence-corrected chi connectivity index (χ4v) is 0.596. The highest BCUT2D eigenvalue weighted by Gasteiger charge is 2.11. The highest BCUT2D eigenvalue weighted by Crippen LogP contribution is 1.89. The molecule has 5 nitrogen and oxygen atoms in total. The number of nitro groups is 1. The van der Waals surface area contributed by atoms with Crippen molar-refractivity contribution in [2.75, 3.05) is 13.7 Å². The van der Waals surface area contributed by atoms with Crippen LogP contribution in [0.15, 0.2) is 0 Å². The quantitative estimate of drug-likeness (QED) is 0.446. The van der Waals surface area contributed by atoms with Crippen LogP contribution in [0.1, 0.15) is 13.3 Å². The van der Waals surface area contributed by atoms with E-state index in [1.165, 1.54) is 7.11 Å². The molecular formula is C5H12N2O3. The summed E-state index contributed by atoms with van der Waals surface area (Å²) in [5.74, 6) is 0. The lowest BCUT2D eigenvalue weighted by Crippen LogP contribution is -2.33. The minimum atomic E-state index is -0.361. The molecule has 10 heavy (non-hydrogen) atoms. The first-order valence-electron chi connectivity index (χ1n) is 3.11. The van der Waals surface area contributed by atoms with Crippen molar-refractivity contribution in [3.63, 3.8) is 0 Å². The molecule has 0 heterocycles. The fraction of sp³-hybridized carbons (Fsp3) is 1.00. The van der Waals surface area contributed by atoms with Gasteiger partial charge in [-0.2, -0.15) is 5.48 Å². The van der Waals surface area contributed by atoms with E-state index in [4.69, 9.17) is 0 Å². The lowest BCUT2D eigenvalue weighted by Gasteiger charge is -2.08. The summed E-state index contributed by atoms with van der Waals surface area (Å²) in [5.41, 5.74) is 2.52. The van der Waals surface area contributed by atoms with E-state index in [1.807, 2.05) is 6.92 Å². The molecule has 0 aliphatic rings. The van der Waals surface area contributed by atoms with Gasteiger partial charge in [-0.25, -0.2) is 0 Å². The van der Waals surface area contributed by atoms with Gasteiger partial charge in [-0.15, -0.1) is 0 Å². The van der Waals surface area contributed by atoms with E-state index in [9.17, 15) is 10.1 Å². The van der Waals surface area contributed by atoms with Crippen molar-refractivity contribution in [2.45, 2.75) is 19.4 Å². The Morgan fingerprint density at radius 1 is 1.80 bits per heavy atom. The number of hydrogen-bond acceptors (Lipinski definition) is 4. The number of hydroxylamine groups is 1. The highest BCUT2D eigenvalue weighted by molar-refractivity contribution is 4.55. The van der Waals surface area contributed by atoms with Gasteiger partial charge in [0, 0.05) is 4.92 Å². The summed E-state index contributed by atoms with van der Waals surface area (Å²) in [6, 6.07) is -0.181. The maximum atomic E-state index is 9.95. The normalized spacial score (nSPS) is 13.0. The van der Waals surface area contributed by atoms with Crippen LogP contribution in [0.2, 0.25) is 0 Å². The van der Waals surface area contributed by atoms with Gasteiger partial charge in [-0.05, 0) is 6.42 Å². The largest absolute Gasteiger partial charge is 0.305 e. The molecule has 0 saturated heterocycles. The Morgan fingerprint density at radius 2 is 2.40 bits per heavy atom. The van der Waals surface area contributed by atoms with Crippen molar-refractivity contribution in [1.82, 2.24) is 5.48 Å². The second kappa shape index (κ2) is 5.13. The molecule has 5 heteroatoms. The lowest BCUT2D eigenvalue weighted by molar-refractivity contribution is -0.485. The van der Waals surface area contributed by atoms with E-state index in [1.54, 1.807) is 0 Å². The third kappa shape index (κ3) is 4.22. The zero-order valence-electron chi connectivity index (χ0n) is 6.16. The van der Waals surface area contributed by atoms with Crippen molar-refractivity contribution in [1.29, 1.82) is 0 Å². The van der Waals surface area contributed by atoms with Crippen LogP contribution in [0.4, 0.5) is 0 Å². The molecule has 0 aromatic rings. The minimum absolute atomic E-state index is 0.0929. The van der Waals surface area contributed by atoms with Crippen molar-refractivity contribution in [3.05, 3.63) is 10.1 Å². The monoisotopic (exact) mass is 148 g/mol. The second-order valence-corrected chi connectivity index (χ2v) is 1.94. The summed E-state index contributed by atoms with van der Waals surface area (Å²) in [6.07, 6.45) is 0.689. The molecule has 1 N–H and O–H groups in total. The predicted octanol–water partition coefficient (Wildman–Crippen LogP) is 0.193. The molecule has 0 amide bonds. The highest BCUT2D eigenvalue weighted by atomic mass is 16.6. The summed E-state index contributed by atoms with van der Waals surface area (Å²) < 4.78 is 0. The Kier molecular flexibility index (Phi) is 4.78. The summed E-state index contributed by atoms with van der Waals surface area (Å²) in [5, 5.41) is 9.95. The Labute approximate surface area is 59.5 Å². The van der Waals surface area contributed by atoms with Crippen LogP contribution in [-0.2, 0) is 4.84 Å². The summed E-state index contributed by atoms with van der Waals surface area (Å²) in [7, 11) is 1.45. The molecule has 1 atom stereocenters. The van der Waals surface area contributed by atoms with Crippen molar-refractivity contribution in [3.8, 4) is 0 Å². The molecule has 0 rings (SSSR count). The Balaban J connectivity index is 3.49. The molecule has 1 unspecified atom stereocenters.